The van der Waals surface area contributed by atoms with Crippen molar-refractivity contribution < 1.29 is 13.2 Å². The number of carbonyl (C=O) groups is 1. The Morgan fingerprint density at radius 1 is 0.966 bits per heavy atom. The van der Waals surface area contributed by atoms with Crippen LogP contribution >= 0.6 is 11.3 Å². The Morgan fingerprint density at radius 3 is 2.17 bits per heavy atom. The molecule has 1 aromatic rings. The summed E-state index contributed by atoms with van der Waals surface area (Å²) in [5.41, 5.74) is 0. The van der Waals surface area contributed by atoms with Gasteiger partial charge in [-0.1, -0.05) is 68.9 Å². The minimum atomic E-state index is -3.84. The van der Waals surface area contributed by atoms with Gasteiger partial charge in [-0.2, -0.15) is 12.8 Å². The lowest BCUT2D eigenvalue weighted by Gasteiger charge is -1.98. The lowest BCUT2D eigenvalue weighted by Crippen LogP contribution is -2.04. The third-order valence-corrected chi connectivity index (χ3v) is 6.68. The maximum Gasteiger partial charge on any atom is 0.311 e. The van der Waals surface area contributed by atoms with Crippen LogP contribution in [0.3, 0.4) is 0 Å². The highest BCUT2D eigenvalue weighted by molar-refractivity contribution is 7.92. The first kappa shape index (κ1) is 25.4. The summed E-state index contributed by atoms with van der Waals surface area (Å²) in [6.45, 7) is 3.55. The zero-order chi connectivity index (χ0) is 21.4. The van der Waals surface area contributed by atoms with Gasteiger partial charge in [0.05, 0.1) is 0 Å². The van der Waals surface area contributed by atoms with Crippen molar-refractivity contribution in [2.45, 2.75) is 95.2 Å². The number of allylic oxidation sites excluding steroid dienone is 2. The summed E-state index contributed by atoms with van der Waals surface area (Å²) >= 11 is 0.794. The summed E-state index contributed by atoms with van der Waals surface area (Å²) in [7, 11) is -3.84. The summed E-state index contributed by atoms with van der Waals surface area (Å²) in [6, 6.07) is 0. The molecule has 0 aliphatic rings. The Hall–Kier alpha value is -1.61. The van der Waals surface area contributed by atoms with Gasteiger partial charge in [-0.25, -0.2) is 0 Å². The topological polar surface area (TPSA) is 101 Å². The number of amides is 1. The van der Waals surface area contributed by atoms with Crippen molar-refractivity contribution in [3.63, 3.8) is 0 Å². The Labute approximate surface area is 179 Å². The van der Waals surface area contributed by atoms with E-state index in [9.17, 15) is 13.2 Å². The van der Waals surface area contributed by atoms with Crippen LogP contribution in [0.25, 0.3) is 0 Å². The quantitative estimate of drug-likeness (QED) is 0.157. The largest absolute Gasteiger partial charge is 0.311 e. The van der Waals surface area contributed by atoms with Gasteiger partial charge in [-0.3, -0.25) is 4.79 Å². The van der Waals surface area contributed by atoms with Gasteiger partial charge in [0.1, 0.15) is 0 Å². The minimum absolute atomic E-state index is 0.151. The van der Waals surface area contributed by atoms with Crippen LogP contribution in [0.2, 0.25) is 0 Å². The van der Waals surface area contributed by atoms with E-state index in [4.69, 9.17) is 0 Å². The standard InChI is InChI=1S/C20H34N4O3S2/c1-3-4-5-6-7-8-9-10-11-12-13-14-15-16-17-21-29(26,27)20-24-23-19(28-20)22-18(2)25/h8-9,17H,3-7,10-16H2,1-2H3,(H,22,23,25)/b9-8-,21-17-. The highest BCUT2D eigenvalue weighted by Crippen LogP contribution is 2.21. The number of carbonyl (C=O) groups excluding carboxylic acids is 1. The molecule has 0 aromatic carbocycles. The molecule has 1 N–H and O–H groups in total. The first-order valence-electron chi connectivity index (χ1n) is 10.5. The Bertz CT molecular complexity index is 743. The second kappa shape index (κ2) is 15.3. The number of unbranched alkanes of at least 4 members (excludes halogenated alkanes) is 10. The Morgan fingerprint density at radius 2 is 1.55 bits per heavy atom. The molecule has 0 aliphatic carbocycles. The molecule has 0 saturated heterocycles. The van der Waals surface area contributed by atoms with Crippen LogP contribution in [-0.2, 0) is 14.8 Å². The SMILES string of the molecule is CCCCCC/C=C\CCCCCCC/C=N\S(=O)(=O)c1nnc(NC(C)=O)s1. The summed E-state index contributed by atoms with van der Waals surface area (Å²) in [6.07, 6.45) is 19.8. The lowest BCUT2D eigenvalue weighted by molar-refractivity contribution is -0.114. The fraction of sp³-hybridized carbons (Fsp3) is 0.700. The van der Waals surface area contributed by atoms with E-state index in [1.807, 2.05) is 0 Å². The highest BCUT2D eigenvalue weighted by atomic mass is 32.2. The maximum absolute atomic E-state index is 12.1. The molecule has 29 heavy (non-hydrogen) atoms. The summed E-state index contributed by atoms with van der Waals surface area (Å²) in [4.78, 5) is 10.9. The Balaban J connectivity index is 2.09. The smallest absolute Gasteiger partial charge is 0.301 e. The average Bonchev–Trinajstić information content (AvgIpc) is 3.13. The van der Waals surface area contributed by atoms with E-state index >= 15 is 0 Å². The monoisotopic (exact) mass is 442 g/mol. The fourth-order valence-corrected chi connectivity index (χ4v) is 4.51. The third-order valence-electron chi connectivity index (χ3n) is 4.22. The van der Waals surface area contributed by atoms with Crippen molar-refractivity contribution >= 4 is 38.6 Å². The molecule has 0 saturated carbocycles. The zero-order valence-corrected chi connectivity index (χ0v) is 19.2. The van der Waals surface area contributed by atoms with Gasteiger partial charge in [0.2, 0.25) is 11.0 Å². The number of sulfonamides is 1. The van der Waals surface area contributed by atoms with Crippen molar-refractivity contribution in [3.05, 3.63) is 12.2 Å². The molecule has 1 aromatic heterocycles. The number of nitrogens with zero attached hydrogens (tertiary/aromatic N) is 3. The van der Waals surface area contributed by atoms with Gasteiger partial charge in [-0.05, 0) is 38.5 Å². The van der Waals surface area contributed by atoms with Crippen LogP contribution < -0.4 is 5.32 Å². The minimum Gasteiger partial charge on any atom is -0.301 e. The first-order valence-corrected chi connectivity index (χ1v) is 12.8. The van der Waals surface area contributed by atoms with Crippen molar-refractivity contribution in [1.29, 1.82) is 0 Å². The van der Waals surface area contributed by atoms with Gasteiger partial charge >= 0.3 is 10.0 Å². The van der Waals surface area contributed by atoms with Crippen LogP contribution in [0.1, 0.15) is 90.9 Å². The summed E-state index contributed by atoms with van der Waals surface area (Å²) in [5.74, 6) is -0.327. The van der Waals surface area contributed by atoms with E-state index in [1.165, 1.54) is 58.1 Å². The highest BCUT2D eigenvalue weighted by Gasteiger charge is 2.18. The molecule has 0 bridgehead atoms. The second-order valence-electron chi connectivity index (χ2n) is 6.98. The van der Waals surface area contributed by atoms with Gasteiger partial charge in [-0.15, -0.1) is 10.2 Å². The molecule has 1 heterocycles. The fourth-order valence-electron chi connectivity index (χ4n) is 2.66. The van der Waals surface area contributed by atoms with E-state index < -0.39 is 10.0 Å². The van der Waals surface area contributed by atoms with E-state index in [1.54, 1.807) is 0 Å². The van der Waals surface area contributed by atoms with E-state index in [-0.39, 0.29) is 15.4 Å². The van der Waals surface area contributed by atoms with Crippen molar-refractivity contribution in [2.24, 2.45) is 4.40 Å². The molecule has 0 aliphatic heterocycles. The van der Waals surface area contributed by atoms with Gasteiger partial charge in [0.15, 0.2) is 0 Å². The molecule has 0 unspecified atom stereocenters. The number of rotatable bonds is 16. The molecule has 0 fully saturated rings. The molecule has 0 radical (unpaired) electrons. The number of anilines is 1. The summed E-state index contributed by atoms with van der Waals surface area (Å²) < 4.78 is 27.5. The van der Waals surface area contributed by atoms with E-state index in [0.717, 1.165) is 37.0 Å². The van der Waals surface area contributed by atoms with E-state index in [0.29, 0.717) is 6.42 Å². The average molecular weight is 443 g/mol. The Kier molecular flexibility index (Phi) is 13.4. The van der Waals surface area contributed by atoms with Crippen LogP contribution in [0, 0.1) is 0 Å². The number of hydrogen-bond donors (Lipinski definition) is 1. The van der Waals surface area contributed by atoms with Crippen LogP contribution in [-0.4, -0.2) is 30.7 Å². The molecule has 0 atom stereocenters. The maximum atomic E-state index is 12.1. The molecule has 164 valence electrons. The van der Waals surface area contributed by atoms with Crippen molar-refractivity contribution in [1.82, 2.24) is 10.2 Å². The van der Waals surface area contributed by atoms with Gasteiger partial charge in [0, 0.05) is 13.1 Å². The zero-order valence-electron chi connectivity index (χ0n) is 17.6. The van der Waals surface area contributed by atoms with Crippen LogP contribution in [0.15, 0.2) is 20.9 Å². The summed E-state index contributed by atoms with van der Waals surface area (Å²) in [5, 5.41) is 9.75. The van der Waals surface area contributed by atoms with Crippen LogP contribution in [0.5, 0.6) is 0 Å². The third kappa shape index (κ3) is 12.5. The molecule has 7 nitrogen and oxygen atoms in total. The number of aromatic nitrogens is 2. The second-order valence-corrected chi connectivity index (χ2v) is 9.77. The predicted octanol–water partition coefficient (Wildman–Crippen LogP) is 5.51. The predicted molar refractivity (Wildman–Crippen MR) is 120 cm³/mol. The van der Waals surface area contributed by atoms with Gasteiger partial charge in [0.25, 0.3) is 4.34 Å². The van der Waals surface area contributed by atoms with Crippen molar-refractivity contribution in [2.75, 3.05) is 5.32 Å². The van der Waals surface area contributed by atoms with Gasteiger partial charge < -0.3 is 5.32 Å². The van der Waals surface area contributed by atoms with Crippen LogP contribution in [0.4, 0.5) is 5.13 Å². The lowest BCUT2D eigenvalue weighted by atomic mass is 10.1. The van der Waals surface area contributed by atoms with Crippen molar-refractivity contribution in [3.8, 4) is 0 Å². The molecule has 0 spiro atoms. The molecule has 9 heteroatoms. The number of hydrogen-bond acceptors (Lipinski definition) is 6. The molecular weight excluding hydrogens is 408 g/mol. The molecular formula is C20H34N4O3S2. The first-order chi connectivity index (χ1) is 14.0. The normalized spacial score (nSPS) is 12.2. The van der Waals surface area contributed by atoms with E-state index in [2.05, 4.69) is 39.0 Å². The number of nitrogens with one attached hydrogen (secondary N) is 1. The molecule has 1 amide bonds. The molecule has 1 rings (SSSR count).